The Hall–Kier alpha value is -2.11. The van der Waals surface area contributed by atoms with Crippen LogP contribution in [0.3, 0.4) is 0 Å². The molecule has 4 nitrogen and oxygen atoms in total. The fraction of sp³-hybridized carbons (Fsp3) is 0.278. The van der Waals surface area contributed by atoms with Gasteiger partial charge in [0.2, 0.25) is 0 Å². The number of halogens is 2. The minimum absolute atomic E-state index is 0.302. The average Bonchev–Trinajstić information content (AvgIpc) is 2.53. The third-order valence-electron chi connectivity index (χ3n) is 4.10. The Balaban J connectivity index is 1.95. The highest BCUT2D eigenvalue weighted by atomic mass is 35.5. The number of ether oxygens (including phenoxy) is 1. The van der Waals surface area contributed by atoms with Crippen molar-refractivity contribution in [1.29, 1.82) is 0 Å². The zero-order valence-electron chi connectivity index (χ0n) is 13.2. The number of fused-ring (bicyclic) bond motifs is 1. The Labute approximate surface area is 144 Å². The Bertz CT molecular complexity index is 776. The second-order valence-corrected chi connectivity index (χ2v) is 6.73. The van der Waals surface area contributed by atoms with E-state index in [0.29, 0.717) is 21.9 Å². The number of nitrogens with one attached hydrogen (secondary N) is 1. The largest absolute Gasteiger partial charge is 0.485 e. The van der Waals surface area contributed by atoms with Crippen LogP contribution in [0.2, 0.25) is 5.02 Å². The SMILES string of the molecule is CC1(C)Oc2ccc(Cl)cc2C(NC(=O)c2ccc(F)cc2)C1O. The molecule has 126 valence electrons. The van der Waals surface area contributed by atoms with Gasteiger partial charge in [-0.05, 0) is 56.3 Å². The lowest BCUT2D eigenvalue weighted by Gasteiger charge is -2.42. The molecule has 0 saturated carbocycles. The Morgan fingerprint density at radius 2 is 1.92 bits per heavy atom. The summed E-state index contributed by atoms with van der Waals surface area (Å²) >= 11 is 6.04. The molecule has 24 heavy (non-hydrogen) atoms. The van der Waals surface area contributed by atoms with Crippen LogP contribution in [0.15, 0.2) is 42.5 Å². The number of rotatable bonds is 2. The van der Waals surface area contributed by atoms with E-state index in [0.717, 1.165) is 0 Å². The molecule has 0 saturated heterocycles. The molecule has 0 aliphatic carbocycles. The van der Waals surface area contributed by atoms with Gasteiger partial charge in [0.1, 0.15) is 23.3 Å². The number of amides is 1. The van der Waals surface area contributed by atoms with Crippen molar-refractivity contribution < 1.29 is 19.0 Å². The van der Waals surface area contributed by atoms with Gasteiger partial charge in [-0.3, -0.25) is 4.79 Å². The van der Waals surface area contributed by atoms with Gasteiger partial charge in [-0.25, -0.2) is 4.39 Å². The van der Waals surface area contributed by atoms with E-state index in [1.165, 1.54) is 24.3 Å². The van der Waals surface area contributed by atoms with Crippen LogP contribution < -0.4 is 10.1 Å². The van der Waals surface area contributed by atoms with Crippen LogP contribution in [0, 0.1) is 5.82 Å². The molecule has 2 aromatic rings. The summed E-state index contributed by atoms with van der Waals surface area (Å²) < 4.78 is 18.8. The van der Waals surface area contributed by atoms with Crippen LogP contribution in [-0.4, -0.2) is 22.7 Å². The van der Waals surface area contributed by atoms with Gasteiger partial charge in [-0.1, -0.05) is 11.6 Å². The van der Waals surface area contributed by atoms with Gasteiger partial charge in [-0.15, -0.1) is 0 Å². The molecule has 0 bridgehead atoms. The Morgan fingerprint density at radius 1 is 1.25 bits per heavy atom. The minimum atomic E-state index is -0.979. The molecule has 0 fully saturated rings. The molecule has 1 aliphatic heterocycles. The fourth-order valence-electron chi connectivity index (χ4n) is 2.75. The van der Waals surface area contributed by atoms with Crippen molar-refractivity contribution in [3.05, 3.63) is 64.4 Å². The van der Waals surface area contributed by atoms with E-state index in [-0.39, 0.29) is 0 Å². The molecule has 2 atom stereocenters. The van der Waals surface area contributed by atoms with Crippen molar-refractivity contribution in [3.8, 4) is 5.75 Å². The van der Waals surface area contributed by atoms with Gasteiger partial charge in [0.05, 0.1) is 6.04 Å². The topological polar surface area (TPSA) is 58.6 Å². The van der Waals surface area contributed by atoms with Crippen molar-refractivity contribution >= 4 is 17.5 Å². The van der Waals surface area contributed by atoms with Crippen LogP contribution >= 0.6 is 11.6 Å². The maximum atomic E-state index is 13.0. The standard InChI is InChI=1S/C18H17ClFNO3/c1-18(2)16(22)15(13-9-11(19)5-8-14(13)24-18)21-17(23)10-3-6-12(20)7-4-10/h3-9,15-16,22H,1-2H3,(H,21,23). The number of aliphatic hydroxyl groups excluding tert-OH is 1. The molecule has 0 aromatic heterocycles. The molecule has 1 amide bonds. The third kappa shape index (κ3) is 3.09. The summed E-state index contributed by atoms with van der Waals surface area (Å²) in [6, 6.07) is 9.56. The predicted molar refractivity (Wildman–Crippen MR) is 88.8 cm³/mol. The molecule has 2 aromatic carbocycles. The first-order chi connectivity index (χ1) is 11.3. The van der Waals surface area contributed by atoms with Crippen molar-refractivity contribution in [2.24, 2.45) is 0 Å². The number of carbonyl (C=O) groups is 1. The van der Waals surface area contributed by atoms with Crippen LogP contribution in [-0.2, 0) is 0 Å². The van der Waals surface area contributed by atoms with E-state index in [1.54, 1.807) is 32.0 Å². The average molecular weight is 350 g/mol. The van der Waals surface area contributed by atoms with Gasteiger partial charge >= 0.3 is 0 Å². The molecule has 6 heteroatoms. The maximum Gasteiger partial charge on any atom is 0.251 e. The first-order valence-electron chi connectivity index (χ1n) is 7.51. The van der Waals surface area contributed by atoms with Crippen molar-refractivity contribution in [2.75, 3.05) is 0 Å². The molecule has 1 aliphatic rings. The molecule has 0 spiro atoms. The summed E-state index contributed by atoms with van der Waals surface area (Å²) in [6.07, 6.45) is -0.979. The summed E-state index contributed by atoms with van der Waals surface area (Å²) in [7, 11) is 0. The smallest absolute Gasteiger partial charge is 0.251 e. The second-order valence-electron chi connectivity index (χ2n) is 6.29. The first-order valence-corrected chi connectivity index (χ1v) is 7.89. The highest BCUT2D eigenvalue weighted by molar-refractivity contribution is 6.30. The summed E-state index contributed by atoms with van der Waals surface area (Å²) in [5, 5.41) is 13.9. The van der Waals surface area contributed by atoms with E-state index in [1.807, 2.05) is 0 Å². The zero-order chi connectivity index (χ0) is 17.5. The van der Waals surface area contributed by atoms with Crippen LogP contribution in [0.25, 0.3) is 0 Å². The second kappa shape index (κ2) is 6.07. The summed E-state index contributed by atoms with van der Waals surface area (Å²) in [6.45, 7) is 3.48. The molecule has 2 N–H and O–H groups in total. The van der Waals surface area contributed by atoms with Crippen LogP contribution in [0.4, 0.5) is 4.39 Å². The maximum absolute atomic E-state index is 13.0. The first kappa shape index (κ1) is 16.7. The van der Waals surface area contributed by atoms with Gasteiger partial charge in [0.15, 0.2) is 0 Å². The van der Waals surface area contributed by atoms with E-state index >= 15 is 0 Å². The van der Waals surface area contributed by atoms with E-state index in [2.05, 4.69) is 5.32 Å². The van der Waals surface area contributed by atoms with E-state index in [4.69, 9.17) is 16.3 Å². The molecular formula is C18H17ClFNO3. The number of hydrogen-bond donors (Lipinski definition) is 2. The number of benzene rings is 2. The van der Waals surface area contributed by atoms with E-state index in [9.17, 15) is 14.3 Å². The summed E-state index contributed by atoms with van der Waals surface area (Å²) in [5.74, 6) is -0.280. The molecule has 2 unspecified atom stereocenters. The molecule has 0 radical (unpaired) electrons. The third-order valence-corrected chi connectivity index (χ3v) is 4.34. The zero-order valence-corrected chi connectivity index (χ0v) is 14.0. The normalized spacial score (nSPS) is 21.5. The number of carbonyl (C=O) groups excluding carboxylic acids is 1. The van der Waals surface area contributed by atoms with Gasteiger partial charge in [-0.2, -0.15) is 0 Å². The van der Waals surface area contributed by atoms with Gasteiger partial charge in [0, 0.05) is 16.1 Å². The van der Waals surface area contributed by atoms with E-state index < -0.39 is 29.5 Å². The van der Waals surface area contributed by atoms with Crippen molar-refractivity contribution in [2.45, 2.75) is 31.6 Å². The lowest BCUT2D eigenvalue weighted by molar-refractivity contribution is -0.0627. The van der Waals surface area contributed by atoms with Gasteiger partial charge < -0.3 is 15.2 Å². The van der Waals surface area contributed by atoms with Crippen LogP contribution in [0.5, 0.6) is 5.75 Å². The summed E-state index contributed by atoms with van der Waals surface area (Å²) in [5.41, 5.74) is 0.0166. The Morgan fingerprint density at radius 3 is 2.58 bits per heavy atom. The quantitative estimate of drug-likeness (QED) is 0.872. The molecular weight excluding hydrogens is 333 g/mol. The monoisotopic (exact) mass is 349 g/mol. The van der Waals surface area contributed by atoms with Gasteiger partial charge in [0.25, 0.3) is 5.91 Å². The number of hydrogen-bond acceptors (Lipinski definition) is 3. The predicted octanol–water partition coefficient (Wildman–Crippen LogP) is 3.48. The highest BCUT2D eigenvalue weighted by Crippen LogP contribution is 2.41. The molecule has 3 rings (SSSR count). The highest BCUT2D eigenvalue weighted by Gasteiger charge is 2.43. The van der Waals surface area contributed by atoms with Crippen molar-refractivity contribution in [3.63, 3.8) is 0 Å². The summed E-state index contributed by atoms with van der Waals surface area (Å²) in [4.78, 5) is 12.5. The fourth-order valence-corrected chi connectivity index (χ4v) is 2.93. The molecule has 1 heterocycles. The minimum Gasteiger partial charge on any atom is -0.485 e. The number of aliphatic hydroxyl groups is 1. The van der Waals surface area contributed by atoms with Crippen LogP contribution in [0.1, 0.15) is 35.8 Å². The lowest BCUT2D eigenvalue weighted by atomic mass is 9.86. The lowest BCUT2D eigenvalue weighted by Crippen LogP contribution is -2.53. The van der Waals surface area contributed by atoms with Crippen molar-refractivity contribution in [1.82, 2.24) is 5.32 Å². The Kier molecular flexibility index (Phi) is 4.24.